The van der Waals surface area contributed by atoms with Crippen molar-refractivity contribution in [1.82, 2.24) is 24.9 Å². The first-order valence-electron chi connectivity index (χ1n) is 43.3. The van der Waals surface area contributed by atoms with Gasteiger partial charge in [0.25, 0.3) is 0 Å². The van der Waals surface area contributed by atoms with Crippen LogP contribution in [-0.4, -0.2) is 68.5 Å². The molecule has 0 aliphatic rings. The van der Waals surface area contributed by atoms with Crippen LogP contribution in [0.2, 0.25) is 0 Å². The summed E-state index contributed by atoms with van der Waals surface area (Å²) < 4.78 is 0. The summed E-state index contributed by atoms with van der Waals surface area (Å²) in [5.41, 5.74) is 30.1. The maximum absolute atomic E-state index is 11.2. The number of nitrogens with zero attached hydrogens (tertiary/aromatic N) is 5. The molecule has 14 rings (SSSR count). The average Bonchev–Trinajstić information content (AvgIpc) is 0.774. The smallest absolute Gasteiger partial charge is 0.159 e. The van der Waals surface area contributed by atoms with Crippen molar-refractivity contribution in [3.8, 4) is 89.7 Å². The van der Waals surface area contributed by atoms with E-state index in [1.165, 1.54) is 149 Å². The number of pyridine rings is 5. The number of aromatic nitrogens is 5. The van der Waals surface area contributed by atoms with Gasteiger partial charge in [0.2, 0.25) is 0 Å². The molecule has 5 radical (unpaired) electrons. The van der Waals surface area contributed by atoms with Gasteiger partial charge in [0.05, 0.1) is 28.6 Å². The predicted molar refractivity (Wildman–Crippen MR) is 533 cm³/mol. The molecule has 14 aromatic rings. The number of aryl methyl sites for hydroxylation is 8. The van der Waals surface area contributed by atoms with Gasteiger partial charge in [-0.15, -0.1) is 178 Å². The van der Waals surface area contributed by atoms with Crippen molar-refractivity contribution < 1.29 is 140 Å². The number of carbonyl (C=O) groups excluding carboxylic acids is 4. The molecule has 18 heteroatoms. The molecule has 0 aliphatic carbocycles. The Bertz CT molecular complexity index is 5960. The van der Waals surface area contributed by atoms with Crippen LogP contribution in [0.15, 0.2) is 321 Å². The van der Waals surface area contributed by atoms with Gasteiger partial charge in [0.1, 0.15) is 0 Å². The molecule has 5 heterocycles. The first kappa shape index (κ1) is 121. The minimum Gasteiger partial charge on any atom is -0.512 e. The molecule has 0 atom stereocenters. The molecule has 0 bridgehead atoms. The number of rotatable bonds is 17. The Morgan fingerprint density at radius 3 is 1.22 bits per heavy atom. The number of hydrogen-bond acceptors (Lipinski definition) is 13. The van der Waals surface area contributed by atoms with Gasteiger partial charge < -0.3 is 40.4 Å². The second kappa shape index (κ2) is 63.3. The number of benzene rings is 9. The van der Waals surface area contributed by atoms with E-state index in [-0.39, 0.29) is 152 Å². The largest absolute Gasteiger partial charge is 0.512 e. The Balaban J connectivity index is 0.000000768. The molecule has 0 saturated heterocycles. The van der Waals surface area contributed by atoms with Crippen LogP contribution in [0.5, 0.6) is 0 Å². The van der Waals surface area contributed by atoms with Gasteiger partial charge in [-0.1, -0.05) is 190 Å². The van der Waals surface area contributed by atoms with Crippen LogP contribution in [0, 0.1) is 90.6 Å². The zero-order valence-electron chi connectivity index (χ0n) is 80.4. The summed E-state index contributed by atoms with van der Waals surface area (Å²) in [6, 6.07) is 101. The molecule has 5 aromatic heterocycles. The number of carbonyl (C=O) groups is 4. The monoisotopic (exact) mass is 2680 g/mol. The topological polar surface area (TPSA) is 214 Å². The summed E-state index contributed by atoms with van der Waals surface area (Å²) in [7, 11) is 0. The van der Waals surface area contributed by atoms with Gasteiger partial charge >= 0.3 is 0 Å². The number of aliphatic hydroxyl groups is 4. The van der Waals surface area contributed by atoms with Crippen molar-refractivity contribution in [2.75, 3.05) is 0 Å². The van der Waals surface area contributed by atoms with Crippen LogP contribution in [0.1, 0.15) is 160 Å². The summed E-state index contributed by atoms with van der Waals surface area (Å²) >= 11 is 0. The van der Waals surface area contributed by atoms with E-state index in [1.807, 2.05) is 162 Å². The third kappa shape index (κ3) is 44.9. The summed E-state index contributed by atoms with van der Waals surface area (Å²) in [5.74, 6) is 0.792. The van der Waals surface area contributed by atoms with E-state index in [2.05, 4.69) is 266 Å². The predicted octanol–water partition coefficient (Wildman–Crippen LogP) is 29.1. The third-order valence-electron chi connectivity index (χ3n) is 19.2. The van der Waals surface area contributed by atoms with Crippen molar-refractivity contribution in [3.05, 3.63) is 401 Å². The van der Waals surface area contributed by atoms with Gasteiger partial charge in [0.15, 0.2) is 23.1 Å². The number of aliphatic hydroxyl groups excluding tert-OH is 4. The normalized spacial score (nSPS) is 10.6. The van der Waals surface area contributed by atoms with Crippen molar-refractivity contribution in [2.45, 2.75) is 170 Å². The summed E-state index contributed by atoms with van der Waals surface area (Å²) in [5, 5.41) is 35.7. The average molecular weight is 2680 g/mol. The fourth-order valence-electron chi connectivity index (χ4n) is 13.1. The molecule has 13 nitrogen and oxygen atoms in total. The Labute approximate surface area is 864 Å². The zero-order valence-corrected chi connectivity index (χ0v) is 92.4. The molecule has 0 unspecified atom stereocenters. The summed E-state index contributed by atoms with van der Waals surface area (Å²) in [6.45, 7) is 40.2. The molecule has 0 aliphatic heterocycles. The van der Waals surface area contributed by atoms with Gasteiger partial charge in [-0.25, -0.2) is 0 Å². The first-order valence-corrected chi connectivity index (χ1v) is 43.3. The molecule has 0 amide bonds. The van der Waals surface area contributed by atoms with Gasteiger partial charge in [-0.05, 0) is 214 Å². The zero-order chi connectivity index (χ0) is 94.7. The quantitative estimate of drug-likeness (QED) is 0.0380. The van der Waals surface area contributed by atoms with Crippen LogP contribution in [0.3, 0.4) is 0 Å². The molecule has 0 spiro atoms. The Hall–Kier alpha value is -10.9. The van der Waals surface area contributed by atoms with Crippen LogP contribution in [-0.2, 0) is 132 Å². The molecule has 0 saturated carbocycles. The second-order valence-electron chi connectivity index (χ2n) is 33.3. The molecule has 134 heavy (non-hydrogen) atoms. The van der Waals surface area contributed by atoms with E-state index in [9.17, 15) is 24.3 Å². The Kier molecular flexibility index (Phi) is 57.2. The van der Waals surface area contributed by atoms with Crippen LogP contribution in [0.4, 0.5) is 0 Å². The molecule has 9 aromatic carbocycles. The van der Waals surface area contributed by atoms with Gasteiger partial charge in [0, 0.05) is 173 Å². The van der Waals surface area contributed by atoms with Crippen LogP contribution >= 0.6 is 0 Å². The minimum atomic E-state index is -0.125. The Morgan fingerprint density at radius 1 is 0.373 bits per heavy atom. The van der Waals surface area contributed by atoms with Crippen LogP contribution in [0.25, 0.3) is 101 Å². The maximum atomic E-state index is 11.2. The van der Waals surface area contributed by atoms with E-state index in [0.717, 1.165) is 73.8 Å². The van der Waals surface area contributed by atoms with Crippen molar-refractivity contribution in [3.63, 3.8) is 0 Å². The van der Waals surface area contributed by atoms with Crippen molar-refractivity contribution in [1.29, 1.82) is 0 Å². The van der Waals surface area contributed by atoms with Gasteiger partial charge in [-0.3, -0.25) is 24.2 Å². The molecule has 0 fully saturated rings. The number of allylic oxidation sites excluding steroid dienone is 8. The molecule has 711 valence electrons. The number of fused-ring (bicyclic) bond motifs is 1. The molecular weight excluding hydrogens is 2550 g/mol. The first-order chi connectivity index (χ1) is 61.3. The number of hydrogen-bond donors (Lipinski definition) is 4. The standard InChI is InChI=1S/C19H18N.2C19H16N.C18H14N.C15H16N.C11H20O2.3C5H8O2.5Ir/c1-12-8-13(2)10-16(9-12)18-11-15(4)19-14(3)6-5-7-17(19)20-18;1-14-8-9-17(12-15(14)2)18-10-11-20-19(13-18)16-6-4-3-5-7-16;1-2-15-13-19(17-11-7-4-8-12-17)20-14-18(15)16-9-5-3-6-10-16;1-14-7-9-15(10-8-14)17-11-12-19-18(13-17)16-5-3-2-4-6-16;1-15(2,3)13-9-10-16-14(11-13)12-7-5-4-6-8-12;1-8(2)5-10(12)7-11(13)6-9(3)4;3*1-4(6)3-5(2)7;;;;;/h5-9,11H,1-4H3;3-6,8-13H,1-2H3;3-11,13-14H,2H2,1H3;2-5,7-13H,1H3;4-7,9-11H,1-3H3;7-9,12H,5-6H2,1-4H3;3*3,6H,1-2H3;;;;;/q5*-1;;;;;;;;;. The summed E-state index contributed by atoms with van der Waals surface area (Å²) in [4.78, 5) is 63.9. The Morgan fingerprint density at radius 2 is 0.806 bits per heavy atom. The summed E-state index contributed by atoms with van der Waals surface area (Å²) in [6.07, 6.45) is 14.5. The van der Waals surface area contributed by atoms with E-state index in [1.54, 1.807) is 0 Å². The maximum Gasteiger partial charge on any atom is 0.159 e. The van der Waals surface area contributed by atoms with E-state index in [4.69, 9.17) is 20.3 Å². The van der Waals surface area contributed by atoms with E-state index >= 15 is 0 Å². The van der Waals surface area contributed by atoms with E-state index < -0.39 is 0 Å². The molecule has 4 N–H and O–H groups in total. The van der Waals surface area contributed by atoms with Crippen molar-refractivity contribution in [2.24, 2.45) is 11.8 Å². The third-order valence-corrected chi connectivity index (χ3v) is 19.2. The fraction of sp³-hybridized carbons (Fsp3) is 0.233. The van der Waals surface area contributed by atoms with Gasteiger partial charge in [-0.2, -0.15) is 0 Å². The van der Waals surface area contributed by atoms with Crippen LogP contribution < -0.4 is 0 Å². The number of ketones is 4. The second-order valence-corrected chi connectivity index (χ2v) is 33.3. The van der Waals surface area contributed by atoms with E-state index in [0.29, 0.717) is 24.7 Å². The minimum absolute atomic E-state index is 0. The molecular formula is C116H124Ir5N5O8-5. The van der Waals surface area contributed by atoms with Crippen molar-refractivity contribution >= 4 is 34.0 Å². The SMILES string of the molecule is CC(=O)C=C(C)O.CC(=O)C=C(C)O.CC(=O)C=C(C)O.CC(C)(C)c1ccnc(-c2[c-]cccc2)c1.CC(C)CC(=O)C=C(O)CC(C)C.CCc1cc(-c2[c-]cccc2)ncc1-c1ccccc1.Cc1[c-]c(-c2cc(C)c3c(C)cccc3n2)cc(C)c1.Cc1ccc(-c2ccnc(-c3[c-]cccc3)c2)cc1.Cc1ccc(-c2ccnc(-c3[c-]cccc3)c2)cc1C.[Ir].[Ir].[Ir].[Ir].[Ir]. The fourth-order valence-corrected chi connectivity index (χ4v) is 13.1.